The van der Waals surface area contributed by atoms with E-state index in [2.05, 4.69) is 58.2 Å². The van der Waals surface area contributed by atoms with Gasteiger partial charge in [-0.25, -0.2) is 9.50 Å². The van der Waals surface area contributed by atoms with Gasteiger partial charge in [-0.15, -0.1) is 0 Å². The van der Waals surface area contributed by atoms with Gasteiger partial charge in [0.05, 0.1) is 17.6 Å². The molecule has 170 valence electrons. The summed E-state index contributed by atoms with van der Waals surface area (Å²) in [5.74, 6) is -0.00849. The van der Waals surface area contributed by atoms with Gasteiger partial charge in [0.1, 0.15) is 5.56 Å². The van der Waals surface area contributed by atoms with Gasteiger partial charge in [-0.1, -0.05) is 29.8 Å². The first-order chi connectivity index (χ1) is 16.0. The second-order valence-electron chi connectivity index (χ2n) is 8.67. The minimum Gasteiger partial charge on any atom is -0.336 e. The molecule has 0 radical (unpaired) electrons. The molecule has 4 aromatic rings. The first kappa shape index (κ1) is 21.3. The molecule has 5 rings (SSSR count). The summed E-state index contributed by atoms with van der Waals surface area (Å²) < 4.78 is 3.66. The highest BCUT2D eigenvalue weighted by Crippen LogP contribution is 2.24. The van der Waals surface area contributed by atoms with Crippen molar-refractivity contribution in [2.24, 2.45) is 0 Å². The largest absolute Gasteiger partial charge is 0.336 e. The van der Waals surface area contributed by atoms with Crippen LogP contribution in [0.1, 0.15) is 34.1 Å². The van der Waals surface area contributed by atoms with E-state index in [0.717, 1.165) is 43.1 Å². The van der Waals surface area contributed by atoms with Gasteiger partial charge in [0, 0.05) is 57.2 Å². The van der Waals surface area contributed by atoms with Crippen molar-refractivity contribution in [3.8, 4) is 11.3 Å². The first-order valence-electron chi connectivity index (χ1n) is 11.5. The van der Waals surface area contributed by atoms with Crippen molar-refractivity contribution in [3.05, 3.63) is 71.3 Å². The van der Waals surface area contributed by atoms with Gasteiger partial charge < -0.3 is 4.90 Å². The Morgan fingerprint density at radius 2 is 1.91 bits per heavy atom. The third-order valence-electron chi connectivity index (χ3n) is 6.33. The number of carbonyl (C=O) groups is 1. The van der Waals surface area contributed by atoms with Crippen LogP contribution in [-0.4, -0.2) is 66.3 Å². The van der Waals surface area contributed by atoms with Gasteiger partial charge in [0.2, 0.25) is 0 Å². The average molecular weight is 444 g/mol. The Kier molecular flexibility index (Phi) is 5.68. The van der Waals surface area contributed by atoms with Crippen LogP contribution in [0.15, 0.2) is 48.9 Å². The van der Waals surface area contributed by atoms with Crippen LogP contribution >= 0.6 is 0 Å². The Balaban J connectivity index is 1.33. The van der Waals surface area contributed by atoms with Crippen LogP contribution in [0.4, 0.5) is 0 Å². The van der Waals surface area contributed by atoms with Crippen LogP contribution in [-0.2, 0) is 13.1 Å². The summed E-state index contributed by atoms with van der Waals surface area (Å²) in [4.78, 5) is 22.2. The molecule has 1 fully saturated rings. The molecule has 0 unspecified atom stereocenters. The van der Waals surface area contributed by atoms with Crippen molar-refractivity contribution in [1.82, 2.24) is 34.2 Å². The molecule has 33 heavy (non-hydrogen) atoms. The lowest BCUT2D eigenvalue weighted by atomic mass is 10.1. The van der Waals surface area contributed by atoms with Gasteiger partial charge in [-0.05, 0) is 32.4 Å². The van der Waals surface area contributed by atoms with Crippen LogP contribution in [0, 0.1) is 13.8 Å². The van der Waals surface area contributed by atoms with Crippen molar-refractivity contribution >= 4 is 11.6 Å². The Bertz CT molecular complexity index is 1300. The zero-order chi connectivity index (χ0) is 22.9. The molecular weight excluding hydrogens is 414 g/mol. The van der Waals surface area contributed by atoms with Gasteiger partial charge in [0.25, 0.3) is 5.91 Å². The van der Waals surface area contributed by atoms with Crippen molar-refractivity contribution in [1.29, 1.82) is 0 Å². The second-order valence-corrected chi connectivity index (χ2v) is 8.67. The maximum absolute atomic E-state index is 13.3. The molecule has 0 atom stereocenters. The van der Waals surface area contributed by atoms with Crippen LogP contribution in [0.5, 0.6) is 0 Å². The highest BCUT2D eigenvalue weighted by molar-refractivity contribution is 6.00. The summed E-state index contributed by atoms with van der Waals surface area (Å²) in [7, 11) is 0. The number of hydrogen-bond donors (Lipinski definition) is 0. The third kappa shape index (κ3) is 4.14. The van der Waals surface area contributed by atoms with E-state index >= 15 is 0 Å². The summed E-state index contributed by atoms with van der Waals surface area (Å²) in [5.41, 5.74) is 6.54. The molecule has 1 saturated heterocycles. The van der Waals surface area contributed by atoms with E-state index in [9.17, 15) is 4.79 Å². The molecule has 0 spiro atoms. The third-order valence-corrected chi connectivity index (χ3v) is 6.33. The molecule has 1 aliphatic heterocycles. The lowest BCUT2D eigenvalue weighted by molar-refractivity contribution is 0.0630. The van der Waals surface area contributed by atoms with Crippen LogP contribution < -0.4 is 0 Å². The summed E-state index contributed by atoms with van der Waals surface area (Å²) in [5, 5.41) is 9.07. The maximum atomic E-state index is 13.3. The van der Waals surface area contributed by atoms with E-state index in [0.29, 0.717) is 24.3 Å². The molecule has 3 aromatic heterocycles. The van der Waals surface area contributed by atoms with E-state index in [1.54, 1.807) is 16.9 Å². The number of hydrogen-bond acceptors (Lipinski definition) is 5. The fourth-order valence-corrected chi connectivity index (χ4v) is 4.53. The van der Waals surface area contributed by atoms with Gasteiger partial charge in [-0.2, -0.15) is 10.2 Å². The quantitative estimate of drug-likeness (QED) is 0.474. The monoisotopic (exact) mass is 443 g/mol. The first-order valence-corrected chi connectivity index (χ1v) is 11.5. The highest BCUT2D eigenvalue weighted by atomic mass is 16.2. The van der Waals surface area contributed by atoms with Gasteiger partial charge >= 0.3 is 0 Å². The van der Waals surface area contributed by atoms with Crippen molar-refractivity contribution in [2.45, 2.75) is 33.9 Å². The predicted molar refractivity (Wildman–Crippen MR) is 127 cm³/mol. The normalized spacial score (nSPS) is 14.8. The van der Waals surface area contributed by atoms with Gasteiger partial charge in [-0.3, -0.25) is 14.4 Å². The SMILES string of the molecule is CCn1cc(-c2ccnc3c(C(=O)N4CCN(Cc5cccc(C)c5)CC4)cnn23)c(C)n1. The summed E-state index contributed by atoms with van der Waals surface area (Å²) in [6, 6.07) is 10.5. The molecule has 0 saturated carbocycles. The lowest BCUT2D eigenvalue weighted by Gasteiger charge is -2.34. The van der Waals surface area contributed by atoms with Crippen LogP contribution in [0.2, 0.25) is 0 Å². The minimum absolute atomic E-state index is 0.00849. The summed E-state index contributed by atoms with van der Waals surface area (Å²) >= 11 is 0. The molecular formula is C25H29N7O. The molecule has 8 heteroatoms. The number of fused-ring (bicyclic) bond motifs is 1. The van der Waals surface area contributed by atoms with E-state index < -0.39 is 0 Å². The van der Waals surface area contributed by atoms with E-state index in [1.807, 2.05) is 28.8 Å². The Morgan fingerprint density at radius 3 is 2.64 bits per heavy atom. The standard InChI is InChI=1S/C25H29N7O/c1-4-31-17-22(19(3)28-31)23-8-9-26-24-21(15-27-32(23)24)25(33)30-12-10-29(11-13-30)16-20-7-5-6-18(2)14-20/h5-9,14-15,17H,4,10-13,16H2,1-3H3. The molecule has 0 N–H and O–H groups in total. The smallest absolute Gasteiger partial charge is 0.259 e. The molecule has 0 bridgehead atoms. The van der Waals surface area contributed by atoms with Crippen molar-refractivity contribution < 1.29 is 4.79 Å². The Hall–Kier alpha value is -3.52. The number of aryl methyl sites for hydroxylation is 3. The number of amides is 1. The topological polar surface area (TPSA) is 71.6 Å². The van der Waals surface area contributed by atoms with Crippen molar-refractivity contribution in [3.63, 3.8) is 0 Å². The zero-order valence-corrected chi connectivity index (χ0v) is 19.4. The van der Waals surface area contributed by atoms with E-state index in [-0.39, 0.29) is 5.91 Å². The Morgan fingerprint density at radius 1 is 1.09 bits per heavy atom. The number of rotatable bonds is 5. The molecule has 1 aromatic carbocycles. The second kappa shape index (κ2) is 8.78. The minimum atomic E-state index is -0.00849. The fourth-order valence-electron chi connectivity index (χ4n) is 4.53. The van der Waals surface area contributed by atoms with E-state index in [1.165, 1.54) is 11.1 Å². The molecule has 8 nitrogen and oxygen atoms in total. The number of benzene rings is 1. The summed E-state index contributed by atoms with van der Waals surface area (Å²) in [6.45, 7) is 11.0. The van der Waals surface area contributed by atoms with Crippen molar-refractivity contribution in [2.75, 3.05) is 26.2 Å². The van der Waals surface area contributed by atoms with E-state index in [4.69, 9.17) is 0 Å². The highest BCUT2D eigenvalue weighted by Gasteiger charge is 2.26. The van der Waals surface area contributed by atoms with Gasteiger partial charge in [0.15, 0.2) is 5.65 Å². The molecule has 4 heterocycles. The predicted octanol–water partition coefficient (Wildman–Crippen LogP) is 3.19. The summed E-state index contributed by atoms with van der Waals surface area (Å²) in [6.07, 6.45) is 5.40. The fraction of sp³-hybridized carbons (Fsp3) is 0.360. The Labute approximate surface area is 193 Å². The number of nitrogens with zero attached hydrogens (tertiary/aromatic N) is 7. The number of carbonyl (C=O) groups excluding carboxylic acids is 1. The average Bonchev–Trinajstić information content (AvgIpc) is 3.42. The maximum Gasteiger partial charge on any atom is 0.259 e. The molecule has 1 aliphatic rings. The molecule has 0 aliphatic carbocycles. The van der Waals surface area contributed by atoms with Crippen LogP contribution in [0.3, 0.4) is 0 Å². The number of aromatic nitrogens is 5. The van der Waals surface area contributed by atoms with Crippen LogP contribution in [0.25, 0.3) is 16.9 Å². The zero-order valence-electron chi connectivity index (χ0n) is 19.4. The molecule has 1 amide bonds. The number of piperazine rings is 1. The lowest BCUT2D eigenvalue weighted by Crippen LogP contribution is -2.48.